The Hall–Kier alpha value is -0.850. The summed E-state index contributed by atoms with van der Waals surface area (Å²) in [4.78, 5) is 11.6. The van der Waals surface area contributed by atoms with Gasteiger partial charge in [-0.15, -0.1) is 0 Å². The summed E-state index contributed by atoms with van der Waals surface area (Å²) in [6.45, 7) is 4.33. The SMILES string of the molecule is C[C@]12CC[C@H](O[C@H]3O[C@H](CO)[C@@H](O)[C@H](N)[C@@H]3O)C[C@H]1CC[C@@H]1[C@@H]2CC[C@]2(C)[C@@H]3CC[C@]12O[C@H](O)[C@H]3CC(=O)O. The number of fused-ring (bicyclic) bond motifs is 3. The van der Waals surface area contributed by atoms with Crippen molar-refractivity contribution >= 4 is 5.97 Å². The van der Waals surface area contributed by atoms with E-state index >= 15 is 0 Å². The quantitative estimate of drug-likeness (QED) is 0.273. The molecule has 2 aliphatic heterocycles. The number of hydrogen-bond donors (Lipinski definition) is 6. The number of carboxylic acid groups (broad SMARTS) is 1. The van der Waals surface area contributed by atoms with Crippen molar-refractivity contribution in [1.29, 1.82) is 0 Å². The summed E-state index contributed by atoms with van der Waals surface area (Å²) in [5, 5.41) is 50.9. The minimum Gasteiger partial charge on any atom is -0.481 e. The Morgan fingerprint density at radius 2 is 1.72 bits per heavy atom. The first-order chi connectivity index (χ1) is 18.4. The largest absolute Gasteiger partial charge is 0.481 e. The van der Waals surface area contributed by atoms with Gasteiger partial charge in [0.25, 0.3) is 0 Å². The van der Waals surface area contributed by atoms with E-state index in [4.69, 9.17) is 19.9 Å². The molecule has 0 spiro atoms. The molecule has 2 saturated heterocycles. The van der Waals surface area contributed by atoms with E-state index < -0.39 is 55.1 Å². The van der Waals surface area contributed by atoms with E-state index in [2.05, 4.69) is 13.8 Å². The molecule has 2 bridgehead atoms. The lowest BCUT2D eigenvalue weighted by Crippen LogP contribution is -2.67. The van der Waals surface area contributed by atoms with E-state index in [1.807, 2.05) is 0 Å². The van der Waals surface area contributed by atoms with Crippen molar-refractivity contribution < 1.29 is 44.5 Å². The van der Waals surface area contributed by atoms with Crippen LogP contribution in [0.4, 0.5) is 0 Å². The van der Waals surface area contributed by atoms with Crippen molar-refractivity contribution in [1.82, 2.24) is 0 Å². The molecule has 0 unspecified atom stereocenters. The van der Waals surface area contributed by atoms with Crippen molar-refractivity contribution in [2.45, 2.75) is 127 Å². The highest BCUT2D eigenvalue weighted by atomic mass is 16.7. The molecular weight excluding hydrogens is 506 g/mol. The van der Waals surface area contributed by atoms with Crippen LogP contribution in [0.25, 0.3) is 0 Å². The van der Waals surface area contributed by atoms with Crippen molar-refractivity contribution in [3.8, 4) is 0 Å². The maximum absolute atomic E-state index is 11.6. The lowest BCUT2D eigenvalue weighted by atomic mass is 9.42. The van der Waals surface area contributed by atoms with Gasteiger partial charge in [0, 0.05) is 11.3 Å². The summed E-state index contributed by atoms with van der Waals surface area (Å²) in [7, 11) is 0. The van der Waals surface area contributed by atoms with Gasteiger partial charge in [0.05, 0.1) is 30.8 Å². The fraction of sp³-hybridized carbons (Fsp3) is 0.966. The molecule has 0 aromatic heterocycles. The summed E-state index contributed by atoms with van der Waals surface area (Å²) >= 11 is 0. The minimum atomic E-state index is -1.17. The maximum Gasteiger partial charge on any atom is 0.303 e. The molecule has 10 nitrogen and oxygen atoms in total. The summed E-state index contributed by atoms with van der Waals surface area (Å²) < 4.78 is 18.6. The molecule has 0 amide bonds. The number of nitrogens with two attached hydrogens (primary N) is 1. The normalized spacial score (nSPS) is 56.8. The molecule has 6 fully saturated rings. The average molecular weight is 554 g/mol. The summed E-state index contributed by atoms with van der Waals surface area (Å²) in [5.41, 5.74) is 5.59. The van der Waals surface area contributed by atoms with Crippen molar-refractivity contribution in [2.75, 3.05) is 6.61 Å². The predicted octanol–water partition coefficient (Wildman–Crippen LogP) is 1.36. The number of aliphatic hydroxyl groups is 4. The van der Waals surface area contributed by atoms with Crippen LogP contribution in [0.3, 0.4) is 0 Å². The summed E-state index contributed by atoms with van der Waals surface area (Å²) in [6.07, 6.45) is 3.23. The number of ether oxygens (including phenoxy) is 3. The number of aliphatic carboxylic acids is 1. The summed E-state index contributed by atoms with van der Waals surface area (Å²) in [6, 6.07) is -0.947. The molecule has 6 aliphatic rings. The van der Waals surface area contributed by atoms with Gasteiger partial charge >= 0.3 is 5.97 Å². The molecule has 4 saturated carbocycles. The fourth-order valence-corrected chi connectivity index (χ4v) is 10.7. The van der Waals surface area contributed by atoms with E-state index in [9.17, 15) is 30.3 Å². The second-order valence-electron chi connectivity index (χ2n) is 14.1. The van der Waals surface area contributed by atoms with Crippen LogP contribution in [-0.4, -0.2) is 86.7 Å². The molecule has 0 radical (unpaired) electrons. The Balaban J connectivity index is 1.17. The Labute approximate surface area is 230 Å². The van der Waals surface area contributed by atoms with Gasteiger partial charge in [0.1, 0.15) is 18.3 Å². The molecule has 7 N–H and O–H groups in total. The lowest BCUT2D eigenvalue weighted by molar-refractivity contribution is -0.334. The zero-order chi connectivity index (χ0) is 27.9. The molecule has 2 heterocycles. The summed E-state index contributed by atoms with van der Waals surface area (Å²) in [5.74, 6) is 0.193. The van der Waals surface area contributed by atoms with Gasteiger partial charge in [-0.2, -0.15) is 0 Å². The van der Waals surface area contributed by atoms with Gasteiger partial charge in [-0.1, -0.05) is 13.8 Å². The van der Waals surface area contributed by atoms with Gasteiger partial charge < -0.3 is 45.5 Å². The molecule has 0 aromatic carbocycles. The first-order valence-corrected chi connectivity index (χ1v) is 15.1. The lowest BCUT2D eigenvalue weighted by Gasteiger charge is -2.67. The monoisotopic (exact) mass is 553 g/mol. The van der Waals surface area contributed by atoms with Crippen molar-refractivity contribution in [3.05, 3.63) is 0 Å². The molecule has 222 valence electrons. The number of aliphatic hydroxyl groups excluding tert-OH is 4. The van der Waals surface area contributed by atoms with Crippen molar-refractivity contribution in [3.63, 3.8) is 0 Å². The number of rotatable bonds is 5. The first-order valence-electron chi connectivity index (χ1n) is 15.1. The van der Waals surface area contributed by atoms with Crippen LogP contribution in [0.15, 0.2) is 0 Å². The Kier molecular flexibility index (Phi) is 7.15. The van der Waals surface area contributed by atoms with Crippen molar-refractivity contribution in [2.24, 2.45) is 46.2 Å². The van der Waals surface area contributed by atoms with Gasteiger partial charge in [0.15, 0.2) is 12.6 Å². The average Bonchev–Trinajstić information content (AvgIpc) is 3.10. The van der Waals surface area contributed by atoms with E-state index in [1.165, 1.54) is 0 Å². The molecule has 0 aromatic rings. The fourth-order valence-electron chi connectivity index (χ4n) is 10.7. The van der Waals surface area contributed by atoms with Crippen LogP contribution < -0.4 is 5.73 Å². The van der Waals surface area contributed by atoms with Crippen LogP contribution in [0.2, 0.25) is 0 Å². The standard InChI is InChI=1S/C29H47NO9/c1-27-8-5-15(37-26-24(35)22(30)23(34)20(13-31)38-26)11-14(27)3-4-19-18(27)6-9-28(2)17-7-10-29(19,28)39-25(36)16(17)12-21(32)33/h14-20,22-26,31,34-36H,3-13,30H2,1-2H3,(H,32,33)/t14-,15+,16+,17-,18+,19-,20-,22+,23-,24+,25+,26+,27+,28-,29+/m1/s1. The number of carbonyl (C=O) groups is 1. The van der Waals surface area contributed by atoms with E-state index in [0.29, 0.717) is 17.8 Å². The molecule has 6 rings (SSSR count). The topological polar surface area (TPSA) is 172 Å². The molecule has 15 atom stereocenters. The Morgan fingerprint density at radius 3 is 2.44 bits per heavy atom. The smallest absolute Gasteiger partial charge is 0.303 e. The molecule has 10 heteroatoms. The highest BCUT2D eigenvalue weighted by Gasteiger charge is 2.72. The van der Waals surface area contributed by atoms with Crippen LogP contribution >= 0.6 is 0 Å². The Bertz CT molecular complexity index is 950. The highest BCUT2D eigenvalue weighted by molar-refractivity contribution is 5.67. The van der Waals surface area contributed by atoms with Gasteiger partial charge in [-0.05, 0) is 86.9 Å². The van der Waals surface area contributed by atoms with Gasteiger partial charge in [-0.25, -0.2) is 0 Å². The van der Waals surface area contributed by atoms with E-state index in [-0.39, 0.29) is 35.2 Å². The van der Waals surface area contributed by atoms with Crippen LogP contribution in [0, 0.1) is 40.4 Å². The van der Waals surface area contributed by atoms with Gasteiger partial charge in [-0.3, -0.25) is 4.79 Å². The van der Waals surface area contributed by atoms with E-state index in [0.717, 1.165) is 57.8 Å². The number of carboxylic acids is 1. The highest BCUT2D eigenvalue weighted by Crippen LogP contribution is 2.73. The van der Waals surface area contributed by atoms with Crippen LogP contribution in [-0.2, 0) is 19.0 Å². The van der Waals surface area contributed by atoms with Crippen LogP contribution in [0.1, 0.15) is 78.1 Å². The van der Waals surface area contributed by atoms with Gasteiger partial charge in [0.2, 0.25) is 0 Å². The maximum atomic E-state index is 11.6. The zero-order valence-corrected chi connectivity index (χ0v) is 23.2. The second kappa shape index (κ2) is 9.87. The number of hydrogen-bond acceptors (Lipinski definition) is 9. The third-order valence-electron chi connectivity index (χ3n) is 12.7. The third-order valence-corrected chi connectivity index (χ3v) is 12.7. The first kappa shape index (κ1) is 28.3. The molecular formula is C29H47NO9. The zero-order valence-electron chi connectivity index (χ0n) is 23.2. The molecule has 4 aliphatic carbocycles. The van der Waals surface area contributed by atoms with E-state index in [1.54, 1.807) is 0 Å². The van der Waals surface area contributed by atoms with Crippen LogP contribution in [0.5, 0.6) is 0 Å². The molecule has 39 heavy (non-hydrogen) atoms. The second-order valence-corrected chi connectivity index (χ2v) is 14.1. The third kappa shape index (κ3) is 4.07. The minimum absolute atomic E-state index is 0.0465. The predicted molar refractivity (Wildman–Crippen MR) is 138 cm³/mol. The Morgan fingerprint density at radius 1 is 0.974 bits per heavy atom.